The van der Waals surface area contributed by atoms with Gasteiger partial charge in [-0.15, -0.1) is 0 Å². The Hall–Kier alpha value is -2.62. The highest BCUT2D eigenvalue weighted by atomic mass is 16.3. The molecular weight excluding hydrogens is 452 g/mol. The van der Waals surface area contributed by atoms with Crippen molar-refractivity contribution >= 4 is 23.3 Å². The van der Waals surface area contributed by atoms with Gasteiger partial charge in [0.25, 0.3) is 0 Å². The number of carbonyl (C=O) groups is 4. The number of nitrogens with zero attached hydrogens (tertiary/aromatic N) is 1. The first-order valence-electron chi connectivity index (χ1n) is 12.3. The van der Waals surface area contributed by atoms with Crippen molar-refractivity contribution in [2.24, 2.45) is 29.4 Å². The first-order valence-corrected chi connectivity index (χ1v) is 12.3. The average Bonchev–Trinajstić information content (AvgIpc) is 2.77. The van der Waals surface area contributed by atoms with E-state index < -0.39 is 64.7 Å². The van der Waals surface area contributed by atoms with Crippen LogP contribution in [-0.2, 0) is 27.2 Å². The van der Waals surface area contributed by atoms with E-state index in [9.17, 15) is 34.5 Å². The predicted molar refractivity (Wildman–Crippen MR) is 126 cm³/mol. The standard InChI is InChI=1S/C26H34N2O7/c1-4-5-6-7-12-8-9-16(29)18-14(12)10-13-11-15-20(28(2)3)22(31)19(25(27)34)24(33)26(15,35)23(32)17(13)21(18)30/h8-9,13,15,17,19-20,22,29,31,35H,4-7,10-11H2,1-3H3,(H2,27,34)/t13-,15-,17?,19?,20-,22?,26-/m1/s1. The Balaban J connectivity index is 1.81. The molecule has 0 radical (unpaired) electrons. The minimum atomic E-state index is -2.63. The van der Waals surface area contributed by atoms with Crippen molar-refractivity contribution in [3.63, 3.8) is 0 Å². The number of Topliss-reactive ketones (excluding diaryl/α,β-unsaturated/α-hetero) is 3. The summed E-state index contributed by atoms with van der Waals surface area (Å²) in [5, 5.41) is 33.0. The van der Waals surface area contributed by atoms with Crippen LogP contribution in [-0.4, -0.2) is 75.3 Å². The highest BCUT2D eigenvalue weighted by molar-refractivity contribution is 6.25. The second kappa shape index (κ2) is 9.11. The van der Waals surface area contributed by atoms with Crippen LogP contribution in [0.25, 0.3) is 0 Å². The number of carbonyl (C=O) groups excluding carboxylic acids is 4. The number of benzene rings is 1. The Morgan fingerprint density at radius 1 is 1.17 bits per heavy atom. The molecule has 3 unspecified atom stereocenters. The normalized spacial score (nSPS) is 34.4. The van der Waals surface area contributed by atoms with Gasteiger partial charge in [0, 0.05) is 12.0 Å². The number of likely N-dealkylation sites (N-methyl/N-ethyl adjacent to an activating group) is 1. The second-order valence-corrected chi connectivity index (χ2v) is 10.5. The summed E-state index contributed by atoms with van der Waals surface area (Å²) in [6.45, 7) is 2.10. The summed E-state index contributed by atoms with van der Waals surface area (Å²) in [5.41, 5.74) is 4.50. The SMILES string of the molecule is CCCCCc1ccc(O)c2c1C[C@@H]1C[C@@H]3[C@@H](N(C)C)C(O)C(C(N)=O)C(=O)[C@]3(O)C(=O)C1C2=O. The summed E-state index contributed by atoms with van der Waals surface area (Å²) in [4.78, 5) is 54.3. The summed E-state index contributed by atoms with van der Waals surface area (Å²) in [7, 11) is 3.26. The van der Waals surface area contributed by atoms with E-state index in [2.05, 4.69) is 6.92 Å². The topological polar surface area (TPSA) is 158 Å². The monoisotopic (exact) mass is 486 g/mol. The Kier molecular flexibility index (Phi) is 6.63. The van der Waals surface area contributed by atoms with Crippen LogP contribution in [0, 0.1) is 23.7 Å². The van der Waals surface area contributed by atoms with Crippen LogP contribution in [0.3, 0.4) is 0 Å². The minimum Gasteiger partial charge on any atom is -0.507 e. The molecule has 2 saturated carbocycles. The Morgan fingerprint density at radius 3 is 2.46 bits per heavy atom. The number of primary amides is 1. The quantitative estimate of drug-likeness (QED) is 0.332. The van der Waals surface area contributed by atoms with Gasteiger partial charge in [0.15, 0.2) is 23.0 Å². The van der Waals surface area contributed by atoms with Crippen molar-refractivity contribution in [1.29, 1.82) is 0 Å². The molecule has 0 saturated heterocycles. The maximum atomic E-state index is 13.8. The first-order chi connectivity index (χ1) is 16.5. The maximum absolute atomic E-state index is 13.8. The van der Waals surface area contributed by atoms with E-state index in [0.717, 1.165) is 31.2 Å². The number of aromatic hydroxyl groups is 1. The van der Waals surface area contributed by atoms with Gasteiger partial charge in [0.05, 0.1) is 17.6 Å². The number of hydrogen-bond donors (Lipinski definition) is 4. The molecule has 0 heterocycles. The number of ketones is 3. The second-order valence-electron chi connectivity index (χ2n) is 10.5. The maximum Gasteiger partial charge on any atom is 0.230 e. The number of fused-ring (bicyclic) bond motifs is 3. The van der Waals surface area contributed by atoms with Crippen LogP contribution >= 0.6 is 0 Å². The fraction of sp³-hybridized carbons (Fsp3) is 0.615. The number of nitrogens with two attached hydrogens (primary N) is 1. The number of amides is 1. The Bertz CT molecular complexity index is 1080. The smallest absolute Gasteiger partial charge is 0.230 e. The number of aryl methyl sites for hydroxylation is 1. The molecule has 0 bridgehead atoms. The molecule has 9 heteroatoms. The van der Waals surface area contributed by atoms with Gasteiger partial charge < -0.3 is 26.0 Å². The number of aliphatic hydroxyl groups excluding tert-OH is 1. The summed E-state index contributed by atoms with van der Waals surface area (Å²) in [6, 6.07) is 2.37. The molecule has 1 aromatic carbocycles. The van der Waals surface area contributed by atoms with E-state index in [4.69, 9.17) is 5.73 Å². The first kappa shape index (κ1) is 25.5. The average molecular weight is 487 g/mol. The zero-order valence-corrected chi connectivity index (χ0v) is 20.4. The summed E-state index contributed by atoms with van der Waals surface area (Å²) < 4.78 is 0. The fourth-order valence-corrected chi connectivity index (χ4v) is 6.69. The van der Waals surface area contributed by atoms with Crippen LogP contribution in [0.15, 0.2) is 12.1 Å². The Morgan fingerprint density at radius 2 is 1.86 bits per heavy atom. The van der Waals surface area contributed by atoms with Crippen molar-refractivity contribution in [2.75, 3.05) is 14.1 Å². The third-order valence-corrected chi connectivity index (χ3v) is 8.32. The van der Waals surface area contributed by atoms with Crippen LogP contribution in [0.2, 0.25) is 0 Å². The van der Waals surface area contributed by atoms with E-state index in [1.807, 2.05) is 6.07 Å². The summed E-state index contributed by atoms with van der Waals surface area (Å²) in [5.74, 6) is -8.71. The molecule has 0 aliphatic heterocycles. The molecule has 9 nitrogen and oxygen atoms in total. The molecule has 0 spiro atoms. The van der Waals surface area contributed by atoms with E-state index in [0.29, 0.717) is 12.0 Å². The summed E-state index contributed by atoms with van der Waals surface area (Å²) >= 11 is 0. The van der Waals surface area contributed by atoms with E-state index in [1.54, 1.807) is 19.0 Å². The Labute approximate surface area is 204 Å². The van der Waals surface area contributed by atoms with Gasteiger partial charge in [0.2, 0.25) is 5.91 Å². The lowest BCUT2D eigenvalue weighted by atomic mass is 9.52. The molecule has 1 aromatic rings. The van der Waals surface area contributed by atoms with Crippen LogP contribution in [0.1, 0.15) is 54.1 Å². The molecule has 190 valence electrons. The van der Waals surface area contributed by atoms with Crippen LogP contribution in [0.4, 0.5) is 0 Å². The molecule has 1 amide bonds. The van der Waals surface area contributed by atoms with Gasteiger partial charge in [-0.2, -0.15) is 0 Å². The highest BCUT2D eigenvalue weighted by Gasteiger charge is 2.69. The van der Waals surface area contributed by atoms with Crippen molar-refractivity contribution < 1.29 is 34.5 Å². The number of rotatable bonds is 6. The van der Waals surface area contributed by atoms with Crippen molar-refractivity contribution in [1.82, 2.24) is 4.90 Å². The minimum absolute atomic E-state index is 0.0783. The zero-order chi connectivity index (χ0) is 25.8. The van der Waals surface area contributed by atoms with Gasteiger partial charge in [-0.05, 0) is 62.9 Å². The van der Waals surface area contributed by atoms with Gasteiger partial charge in [-0.3, -0.25) is 19.2 Å². The molecule has 0 aromatic heterocycles. The largest absolute Gasteiger partial charge is 0.507 e. The molecular formula is C26H34N2O7. The van der Waals surface area contributed by atoms with Gasteiger partial charge in [0.1, 0.15) is 11.7 Å². The molecule has 4 rings (SSSR count). The fourth-order valence-electron chi connectivity index (χ4n) is 6.69. The predicted octanol–water partition coefficient (Wildman–Crippen LogP) is 0.392. The number of phenols is 1. The van der Waals surface area contributed by atoms with E-state index >= 15 is 0 Å². The zero-order valence-electron chi connectivity index (χ0n) is 20.4. The van der Waals surface area contributed by atoms with Crippen molar-refractivity contribution in [3.8, 4) is 5.75 Å². The van der Waals surface area contributed by atoms with Crippen LogP contribution < -0.4 is 5.73 Å². The third-order valence-electron chi connectivity index (χ3n) is 8.32. The number of hydrogen-bond acceptors (Lipinski definition) is 8. The summed E-state index contributed by atoms with van der Waals surface area (Å²) in [6.07, 6.45) is 2.69. The lowest BCUT2D eigenvalue weighted by Crippen LogP contribution is -2.75. The van der Waals surface area contributed by atoms with E-state index in [1.165, 1.54) is 6.07 Å². The van der Waals surface area contributed by atoms with E-state index in [-0.39, 0.29) is 17.7 Å². The molecule has 3 aliphatic carbocycles. The number of phenolic OH excluding ortho intramolecular Hbond substituents is 1. The van der Waals surface area contributed by atoms with Gasteiger partial charge in [-0.25, -0.2) is 0 Å². The van der Waals surface area contributed by atoms with Crippen molar-refractivity contribution in [3.05, 3.63) is 28.8 Å². The molecule has 3 aliphatic rings. The third kappa shape index (κ3) is 3.72. The molecule has 5 N–H and O–H groups in total. The molecule has 35 heavy (non-hydrogen) atoms. The molecule has 7 atom stereocenters. The van der Waals surface area contributed by atoms with Crippen molar-refractivity contribution in [2.45, 2.75) is 63.2 Å². The highest BCUT2D eigenvalue weighted by Crippen LogP contribution is 2.51. The molecule has 2 fully saturated rings. The lowest BCUT2D eigenvalue weighted by Gasteiger charge is -2.54. The van der Waals surface area contributed by atoms with Gasteiger partial charge >= 0.3 is 0 Å². The van der Waals surface area contributed by atoms with Crippen LogP contribution in [0.5, 0.6) is 5.75 Å². The van der Waals surface area contributed by atoms with Gasteiger partial charge in [-0.1, -0.05) is 25.8 Å². The number of unbranched alkanes of at least 4 members (excludes halogenated alkanes) is 2. The number of aliphatic hydroxyl groups is 2. The lowest BCUT2D eigenvalue weighted by molar-refractivity contribution is -0.190.